The van der Waals surface area contributed by atoms with Gasteiger partial charge in [0.15, 0.2) is 5.50 Å². The first kappa shape index (κ1) is 9.49. The van der Waals surface area contributed by atoms with Crippen molar-refractivity contribution in [3.8, 4) is 6.07 Å². The smallest absolute Gasteiger partial charge is 0.254 e. The fourth-order valence-electron chi connectivity index (χ4n) is 0.728. The van der Waals surface area contributed by atoms with E-state index < -0.39 is 11.4 Å². The molecule has 0 saturated heterocycles. The third-order valence-corrected chi connectivity index (χ3v) is 1.50. The Labute approximate surface area is 80.2 Å². The van der Waals surface area contributed by atoms with Crippen molar-refractivity contribution >= 4 is 17.5 Å². The van der Waals surface area contributed by atoms with Crippen molar-refractivity contribution in [2.24, 2.45) is 0 Å². The number of carbonyl (C=O) groups is 1. The molecule has 0 aliphatic carbocycles. The summed E-state index contributed by atoms with van der Waals surface area (Å²) in [5.74, 6) is -0.408. The zero-order valence-corrected chi connectivity index (χ0v) is 7.32. The Bertz CT molecular complexity index is 333. The standard InChI is InChI=1S/C8H6ClN3O/c9-7(4-10)12-8(13)6-2-1-3-11-5-6/h1-3,5,7H,(H,12,13). The lowest BCUT2D eigenvalue weighted by Crippen LogP contribution is -2.29. The van der Waals surface area contributed by atoms with E-state index in [2.05, 4.69) is 10.3 Å². The summed E-state index contributed by atoms with van der Waals surface area (Å²) in [6, 6.07) is 4.89. The van der Waals surface area contributed by atoms with Gasteiger partial charge in [-0.2, -0.15) is 5.26 Å². The Morgan fingerprint density at radius 1 is 1.77 bits per heavy atom. The number of carbonyl (C=O) groups excluding carboxylic acids is 1. The summed E-state index contributed by atoms with van der Waals surface area (Å²) < 4.78 is 0. The maximum Gasteiger partial charge on any atom is 0.254 e. The molecule has 1 aromatic heterocycles. The minimum Gasteiger partial charge on any atom is -0.324 e. The van der Waals surface area contributed by atoms with Crippen LogP contribution in [0.4, 0.5) is 0 Å². The van der Waals surface area contributed by atoms with Crippen LogP contribution < -0.4 is 5.32 Å². The molecule has 0 aliphatic heterocycles. The Kier molecular flexibility index (Phi) is 3.23. The number of rotatable bonds is 2. The molecule has 0 bridgehead atoms. The molecule has 0 aliphatic rings. The van der Waals surface area contributed by atoms with Crippen LogP contribution in [0.3, 0.4) is 0 Å². The molecule has 1 heterocycles. The molecule has 1 N–H and O–H groups in total. The molecule has 66 valence electrons. The Hall–Kier alpha value is -1.60. The first-order chi connectivity index (χ1) is 6.24. The van der Waals surface area contributed by atoms with Gasteiger partial charge in [-0.3, -0.25) is 9.78 Å². The highest BCUT2D eigenvalue weighted by atomic mass is 35.5. The molecule has 5 heteroatoms. The number of hydrogen-bond acceptors (Lipinski definition) is 3. The van der Waals surface area contributed by atoms with Crippen LogP contribution in [0, 0.1) is 11.3 Å². The number of alkyl halides is 1. The molecule has 0 aromatic carbocycles. The average Bonchev–Trinajstić information content (AvgIpc) is 2.19. The molecule has 1 atom stereocenters. The van der Waals surface area contributed by atoms with Crippen molar-refractivity contribution in [2.75, 3.05) is 0 Å². The van der Waals surface area contributed by atoms with E-state index in [0.717, 1.165) is 0 Å². The molecule has 13 heavy (non-hydrogen) atoms. The Morgan fingerprint density at radius 2 is 2.54 bits per heavy atom. The van der Waals surface area contributed by atoms with Crippen LogP contribution in [0.2, 0.25) is 0 Å². The number of nitrogens with one attached hydrogen (secondary N) is 1. The third-order valence-electron chi connectivity index (χ3n) is 1.29. The molecule has 0 saturated carbocycles. The fourth-order valence-corrected chi connectivity index (χ4v) is 0.827. The van der Waals surface area contributed by atoms with Crippen LogP contribution in [-0.4, -0.2) is 16.4 Å². The van der Waals surface area contributed by atoms with Gasteiger partial charge < -0.3 is 5.32 Å². The molecule has 1 rings (SSSR count). The minimum atomic E-state index is -1.01. The summed E-state index contributed by atoms with van der Waals surface area (Å²) in [7, 11) is 0. The first-order valence-electron chi connectivity index (χ1n) is 3.48. The van der Waals surface area contributed by atoms with E-state index in [4.69, 9.17) is 16.9 Å². The Morgan fingerprint density at radius 3 is 3.08 bits per heavy atom. The number of aromatic nitrogens is 1. The molecule has 0 spiro atoms. The number of pyridine rings is 1. The van der Waals surface area contributed by atoms with E-state index in [1.54, 1.807) is 24.4 Å². The maximum absolute atomic E-state index is 11.2. The summed E-state index contributed by atoms with van der Waals surface area (Å²) in [6.45, 7) is 0. The van der Waals surface area contributed by atoms with Gasteiger partial charge in [0, 0.05) is 12.4 Å². The van der Waals surface area contributed by atoms with E-state index in [0.29, 0.717) is 5.56 Å². The van der Waals surface area contributed by atoms with Crippen LogP contribution in [0.5, 0.6) is 0 Å². The zero-order valence-electron chi connectivity index (χ0n) is 6.57. The first-order valence-corrected chi connectivity index (χ1v) is 3.92. The van der Waals surface area contributed by atoms with Gasteiger partial charge in [-0.1, -0.05) is 11.6 Å². The largest absolute Gasteiger partial charge is 0.324 e. The molecule has 0 fully saturated rings. The lowest BCUT2D eigenvalue weighted by molar-refractivity contribution is 0.0954. The molecular formula is C8H6ClN3O. The second-order valence-corrected chi connectivity index (χ2v) is 2.64. The Balaban J connectivity index is 2.66. The summed E-state index contributed by atoms with van der Waals surface area (Å²) >= 11 is 5.40. The van der Waals surface area contributed by atoms with Gasteiger partial charge in [0.05, 0.1) is 5.56 Å². The van der Waals surface area contributed by atoms with Crippen molar-refractivity contribution < 1.29 is 4.79 Å². The lowest BCUT2D eigenvalue weighted by atomic mass is 10.3. The predicted octanol–water partition coefficient (Wildman–Crippen LogP) is 0.900. The third kappa shape index (κ3) is 2.73. The van der Waals surface area contributed by atoms with Crippen LogP contribution in [0.15, 0.2) is 24.5 Å². The highest BCUT2D eigenvalue weighted by Gasteiger charge is 2.09. The van der Waals surface area contributed by atoms with Gasteiger partial charge in [0.2, 0.25) is 0 Å². The monoisotopic (exact) mass is 195 g/mol. The van der Waals surface area contributed by atoms with E-state index in [9.17, 15) is 4.79 Å². The van der Waals surface area contributed by atoms with Gasteiger partial charge in [-0.25, -0.2) is 0 Å². The second-order valence-electron chi connectivity index (χ2n) is 2.21. The number of nitriles is 1. The van der Waals surface area contributed by atoms with Gasteiger partial charge >= 0.3 is 0 Å². The molecule has 1 amide bonds. The fraction of sp³-hybridized carbons (Fsp3) is 0.125. The SMILES string of the molecule is N#CC(Cl)NC(=O)c1cccnc1. The molecule has 4 nitrogen and oxygen atoms in total. The van der Waals surface area contributed by atoms with Crippen molar-refractivity contribution in [2.45, 2.75) is 5.50 Å². The van der Waals surface area contributed by atoms with Gasteiger partial charge in [0.25, 0.3) is 5.91 Å². The van der Waals surface area contributed by atoms with E-state index >= 15 is 0 Å². The summed E-state index contributed by atoms with van der Waals surface area (Å²) in [5.41, 5.74) is -0.629. The number of hydrogen-bond donors (Lipinski definition) is 1. The number of amides is 1. The number of nitrogens with zero attached hydrogens (tertiary/aromatic N) is 2. The quantitative estimate of drug-likeness (QED) is 0.563. The van der Waals surface area contributed by atoms with Gasteiger partial charge in [-0.05, 0) is 12.1 Å². The van der Waals surface area contributed by atoms with Crippen LogP contribution in [0.25, 0.3) is 0 Å². The molecular weight excluding hydrogens is 190 g/mol. The topological polar surface area (TPSA) is 65.8 Å². The minimum absolute atomic E-state index is 0.378. The normalized spacial score (nSPS) is 11.4. The van der Waals surface area contributed by atoms with Crippen LogP contribution in [-0.2, 0) is 0 Å². The van der Waals surface area contributed by atoms with Gasteiger partial charge in [0.1, 0.15) is 6.07 Å². The highest BCUT2D eigenvalue weighted by molar-refractivity contribution is 6.23. The summed E-state index contributed by atoms with van der Waals surface area (Å²) in [4.78, 5) is 15.0. The molecule has 0 radical (unpaired) electrons. The van der Waals surface area contributed by atoms with E-state index in [1.165, 1.54) is 6.20 Å². The predicted molar refractivity (Wildman–Crippen MR) is 47.0 cm³/mol. The highest BCUT2D eigenvalue weighted by Crippen LogP contribution is 1.97. The average molecular weight is 196 g/mol. The van der Waals surface area contributed by atoms with Crippen molar-refractivity contribution in [1.29, 1.82) is 5.26 Å². The second kappa shape index (κ2) is 4.43. The maximum atomic E-state index is 11.2. The molecule has 1 aromatic rings. The van der Waals surface area contributed by atoms with E-state index in [-0.39, 0.29) is 0 Å². The van der Waals surface area contributed by atoms with Crippen molar-refractivity contribution in [1.82, 2.24) is 10.3 Å². The van der Waals surface area contributed by atoms with Gasteiger partial charge in [-0.15, -0.1) is 0 Å². The number of halogens is 1. The van der Waals surface area contributed by atoms with Crippen molar-refractivity contribution in [3.05, 3.63) is 30.1 Å². The lowest BCUT2D eigenvalue weighted by Gasteiger charge is -2.03. The zero-order chi connectivity index (χ0) is 9.68. The molecule has 1 unspecified atom stereocenters. The van der Waals surface area contributed by atoms with E-state index in [1.807, 2.05) is 0 Å². The van der Waals surface area contributed by atoms with Crippen LogP contribution in [0.1, 0.15) is 10.4 Å². The van der Waals surface area contributed by atoms with Crippen molar-refractivity contribution in [3.63, 3.8) is 0 Å². The summed E-state index contributed by atoms with van der Waals surface area (Å²) in [5, 5.41) is 10.6. The van der Waals surface area contributed by atoms with Crippen LogP contribution >= 0.6 is 11.6 Å². The summed E-state index contributed by atoms with van der Waals surface area (Å²) in [6.07, 6.45) is 2.95.